The number of amides is 1. The van der Waals surface area contributed by atoms with Gasteiger partial charge in [-0.3, -0.25) is 4.79 Å². The molecule has 0 saturated heterocycles. The molecule has 2 unspecified atom stereocenters. The van der Waals surface area contributed by atoms with Crippen LogP contribution in [0.3, 0.4) is 0 Å². The van der Waals surface area contributed by atoms with Gasteiger partial charge in [0.05, 0.1) is 18.8 Å². The van der Waals surface area contributed by atoms with Crippen LogP contribution in [0.5, 0.6) is 0 Å². The van der Waals surface area contributed by atoms with Gasteiger partial charge in [-0.15, -0.1) is 0 Å². The van der Waals surface area contributed by atoms with Gasteiger partial charge in [-0.25, -0.2) is 0 Å². The van der Waals surface area contributed by atoms with Crippen LogP contribution in [0.1, 0.15) is 348 Å². The monoisotopic (exact) mass is 1010 g/mol. The Morgan fingerprint density at radius 3 is 0.917 bits per heavy atom. The van der Waals surface area contributed by atoms with Gasteiger partial charge in [0.25, 0.3) is 0 Å². The van der Waals surface area contributed by atoms with Crippen molar-refractivity contribution < 1.29 is 15.0 Å². The predicted octanol–water partition coefficient (Wildman–Crippen LogP) is 21.9. The van der Waals surface area contributed by atoms with E-state index in [1.54, 1.807) is 6.08 Å². The number of hydrogen-bond acceptors (Lipinski definition) is 3. The maximum absolute atomic E-state index is 12.5. The Labute approximate surface area is 451 Å². The zero-order valence-corrected chi connectivity index (χ0v) is 48.7. The molecule has 0 aromatic carbocycles. The fraction of sp³-hybridized carbons (Fsp3) is 0.838. The van der Waals surface area contributed by atoms with E-state index < -0.39 is 12.1 Å². The molecule has 0 rings (SSSR count). The van der Waals surface area contributed by atoms with Crippen LogP contribution in [0.25, 0.3) is 0 Å². The van der Waals surface area contributed by atoms with Crippen molar-refractivity contribution in [3.8, 4) is 0 Å². The lowest BCUT2D eigenvalue weighted by atomic mass is 10.0. The van der Waals surface area contributed by atoms with Gasteiger partial charge in [-0.1, -0.05) is 344 Å². The van der Waals surface area contributed by atoms with E-state index in [9.17, 15) is 15.0 Å². The van der Waals surface area contributed by atoms with E-state index in [0.717, 1.165) is 51.4 Å². The van der Waals surface area contributed by atoms with Gasteiger partial charge in [0.15, 0.2) is 0 Å². The van der Waals surface area contributed by atoms with Crippen LogP contribution in [-0.4, -0.2) is 34.9 Å². The summed E-state index contributed by atoms with van der Waals surface area (Å²) in [5.74, 6) is -0.0590. The third-order valence-corrected chi connectivity index (χ3v) is 15.0. The molecule has 0 aromatic rings. The Balaban J connectivity index is 3.45. The van der Waals surface area contributed by atoms with Crippen LogP contribution < -0.4 is 5.32 Å². The molecule has 0 aromatic heterocycles. The van der Waals surface area contributed by atoms with Gasteiger partial charge in [0, 0.05) is 6.42 Å². The fourth-order valence-electron chi connectivity index (χ4n) is 10.1. The summed E-state index contributed by atoms with van der Waals surface area (Å²) in [6.45, 7) is 4.23. The quantitative estimate of drug-likeness (QED) is 0.0420. The Bertz CT molecular complexity index is 1190. The Morgan fingerprint density at radius 2 is 0.611 bits per heavy atom. The molecular formula is C68H127NO3. The van der Waals surface area contributed by atoms with Crippen LogP contribution in [0, 0.1) is 0 Å². The molecule has 0 radical (unpaired) electrons. The first-order valence-electron chi connectivity index (χ1n) is 32.5. The molecule has 0 saturated carbocycles. The second-order valence-corrected chi connectivity index (χ2v) is 22.2. The minimum Gasteiger partial charge on any atom is -0.394 e. The van der Waals surface area contributed by atoms with E-state index in [4.69, 9.17) is 0 Å². The van der Waals surface area contributed by atoms with Crippen molar-refractivity contribution in [2.75, 3.05) is 6.61 Å². The van der Waals surface area contributed by atoms with Crippen molar-refractivity contribution in [3.63, 3.8) is 0 Å². The van der Waals surface area contributed by atoms with E-state index in [1.165, 1.54) is 276 Å². The average molecular weight is 1010 g/mol. The lowest BCUT2D eigenvalue weighted by Gasteiger charge is -2.20. The van der Waals surface area contributed by atoms with E-state index in [1.807, 2.05) is 6.08 Å². The number of rotatable bonds is 60. The van der Waals surface area contributed by atoms with Gasteiger partial charge >= 0.3 is 0 Å². The van der Waals surface area contributed by atoms with Crippen molar-refractivity contribution in [2.24, 2.45) is 0 Å². The first kappa shape index (κ1) is 70.1. The number of nitrogens with one attached hydrogen (secondary N) is 1. The molecule has 72 heavy (non-hydrogen) atoms. The third-order valence-electron chi connectivity index (χ3n) is 15.0. The van der Waals surface area contributed by atoms with Gasteiger partial charge in [0.1, 0.15) is 0 Å². The van der Waals surface area contributed by atoms with Crippen LogP contribution in [0.15, 0.2) is 60.8 Å². The maximum Gasteiger partial charge on any atom is 0.220 e. The van der Waals surface area contributed by atoms with Crippen molar-refractivity contribution in [1.82, 2.24) is 5.32 Å². The summed E-state index contributed by atoms with van der Waals surface area (Å²) in [6, 6.07) is -0.624. The molecule has 3 N–H and O–H groups in total. The zero-order valence-electron chi connectivity index (χ0n) is 48.7. The molecule has 0 aliphatic carbocycles. The summed E-state index contributed by atoms with van der Waals surface area (Å²) in [5, 5.41) is 23.3. The summed E-state index contributed by atoms with van der Waals surface area (Å²) >= 11 is 0. The number of hydrogen-bond donors (Lipinski definition) is 3. The Hall–Kier alpha value is -1.91. The largest absolute Gasteiger partial charge is 0.394 e. The second-order valence-electron chi connectivity index (χ2n) is 22.2. The number of carbonyl (C=O) groups is 1. The summed E-state index contributed by atoms with van der Waals surface area (Å²) < 4.78 is 0. The van der Waals surface area contributed by atoms with E-state index in [2.05, 4.69) is 67.8 Å². The van der Waals surface area contributed by atoms with Crippen LogP contribution in [0.2, 0.25) is 0 Å². The molecule has 0 aliphatic heterocycles. The molecule has 0 fully saturated rings. The minimum atomic E-state index is -0.841. The van der Waals surface area contributed by atoms with Crippen LogP contribution >= 0.6 is 0 Å². The van der Waals surface area contributed by atoms with Crippen molar-refractivity contribution in [3.05, 3.63) is 60.8 Å². The smallest absolute Gasteiger partial charge is 0.220 e. The van der Waals surface area contributed by atoms with Crippen molar-refractivity contribution >= 4 is 5.91 Å². The lowest BCUT2D eigenvalue weighted by Crippen LogP contribution is -2.45. The molecule has 0 heterocycles. The highest BCUT2D eigenvalue weighted by atomic mass is 16.3. The second kappa shape index (κ2) is 63.4. The number of unbranched alkanes of at least 4 members (excludes halogenated alkanes) is 45. The van der Waals surface area contributed by atoms with Crippen molar-refractivity contribution in [2.45, 2.75) is 360 Å². The topological polar surface area (TPSA) is 69.6 Å². The van der Waals surface area contributed by atoms with Gasteiger partial charge in [-0.05, 0) is 57.8 Å². The summed E-state index contributed by atoms with van der Waals surface area (Å²) in [6.07, 6.45) is 90.0. The fourth-order valence-corrected chi connectivity index (χ4v) is 10.1. The number of carbonyl (C=O) groups excluding carboxylic acids is 1. The molecule has 2 atom stereocenters. The highest BCUT2D eigenvalue weighted by molar-refractivity contribution is 5.76. The summed E-state index contributed by atoms with van der Waals surface area (Å²) in [5.41, 5.74) is 0. The molecule has 422 valence electrons. The Morgan fingerprint density at radius 1 is 0.347 bits per heavy atom. The van der Waals surface area contributed by atoms with E-state index >= 15 is 0 Å². The van der Waals surface area contributed by atoms with Crippen LogP contribution in [0.4, 0.5) is 0 Å². The molecule has 0 bridgehead atoms. The molecular weight excluding hydrogens is 879 g/mol. The van der Waals surface area contributed by atoms with Gasteiger partial charge in [0.2, 0.25) is 5.91 Å². The van der Waals surface area contributed by atoms with Gasteiger partial charge in [-0.2, -0.15) is 0 Å². The van der Waals surface area contributed by atoms with Gasteiger partial charge < -0.3 is 15.5 Å². The molecule has 0 spiro atoms. The first-order chi connectivity index (χ1) is 35.7. The van der Waals surface area contributed by atoms with E-state index in [-0.39, 0.29) is 12.5 Å². The molecule has 1 amide bonds. The Kier molecular flexibility index (Phi) is 61.7. The lowest BCUT2D eigenvalue weighted by molar-refractivity contribution is -0.123. The first-order valence-corrected chi connectivity index (χ1v) is 32.5. The van der Waals surface area contributed by atoms with E-state index in [0.29, 0.717) is 6.42 Å². The number of allylic oxidation sites excluding steroid dienone is 9. The summed E-state index contributed by atoms with van der Waals surface area (Å²) in [7, 11) is 0. The maximum atomic E-state index is 12.5. The minimum absolute atomic E-state index is 0.0590. The molecule has 0 aliphatic rings. The normalized spacial score (nSPS) is 13.1. The number of aliphatic hydroxyl groups is 2. The number of aliphatic hydroxyl groups excluding tert-OH is 2. The summed E-state index contributed by atoms with van der Waals surface area (Å²) in [4.78, 5) is 12.5. The zero-order chi connectivity index (χ0) is 52.0. The average Bonchev–Trinajstić information content (AvgIpc) is 3.39. The third kappa shape index (κ3) is 59.0. The standard InChI is InChI=1S/C68H127NO3/c1-3-5-7-9-11-13-15-17-19-21-23-25-27-29-31-33-34-36-38-40-42-44-46-48-50-52-54-56-58-60-62-64-68(72)69-66(65-70)67(71)63-61-59-57-55-53-51-49-47-45-43-41-39-37-35-32-30-28-26-24-22-20-18-16-14-12-10-8-6-4-2/h5,7,11,13,17,19,23,25,61,63,66-67,70-71H,3-4,6,8-10,12,14-16,18,20-22,24,26-60,62,64-65H2,1-2H3,(H,69,72)/b7-5-,13-11-,19-17-,25-23-,63-61+. The molecule has 4 nitrogen and oxygen atoms in total. The highest BCUT2D eigenvalue weighted by Gasteiger charge is 2.18. The molecule has 4 heteroatoms. The SMILES string of the molecule is CC/C=C\C/C=C\C/C=C\C/C=C\CCCCCCCCCCCCCCCCCCCCC(=O)NC(CO)C(O)/C=C/CCCCCCCCCCCCCCCCCCCCCCCCCCCCC. The van der Waals surface area contributed by atoms with Crippen molar-refractivity contribution in [1.29, 1.82) is 0 Å². The van der Waals surface area contributed by atoms with Crippen LogP contribution in [-0.2, 0) is 4.79 Å². The predicted molar refractivity (Wildman–Crippen MR) is 322 cm³/mol. The highest BCUT2D eigenvalue weighted by Crippen LogP contribution is 2.18.